The molecule has 0 bridgehead atoms. The molecule has 2 aromatic carbocycles. The summed E-state index contributed by atoms with van der Waals surface area (Å²) in [7, 11) is 0. The zero-order valence-corrected chi connectivity index (χ0v) is 13.4. The van der Waals surface area contributed by atoms with Gasteiger partial charge in [0.15, 0.2) is 0 Å². The van der Waals surface area contributed by atoms with E-state index in [2.05, 4.69) is 24.3 Å². The van der Waals surface area contributed by atoms with Crippen LogP contribution < -0.4 is 0 Å². The third-order valence-electron chi connectivity index (χ3n) is 3.81. The molecule has 2 aromatic rings. The summed E-state index contributed by atoms with van der Waals surface area (Å²) in [6.07, 6.45) is 0.934. The fourth-order valence-electron chi connectivity index (χ4n) is 2.52. The first-order chi connectivity index (χ1) is 11.2. The molecule has 3 heteroatoms. The van der Waals surface area contributed by atoms with E-state index < -0.39 is 5.97 Å². The predicted octanol–water partition coefficient (Wildman–Crippen LogP) is 4.12. The molecule has 0 heterocycles. The van der Waals surface area contributed by atoms with Crippen molar-refractivity contribution in [2.45, 2.75) is 32.1 Å². The number of Topliss-reactive ketones (excluding diaryl/α,β-unsaturated/α-hetero) is 1. The fraction of sp³-hybridized carbons (Fsp3) is 0.300. The molecular weight excluding hydrogens is 288 g/mol. The third-order valence-corrected chi connectivity index (χ3v) is 3.81. The molecule has 0 saturated heterocycles. The van der Waals surface area contributed by atoms with Gasteiger partial charge in [0, 0.05) is 12.3 Å². The van der Waals surface area contributed by atoms with Gasteiger partial charge in [-0.3, -0.25) is 9.59 Å². The Morgan fingerprint density at radius 2 is 1.43 bits per heavy atom. The van der Waals surface area contributed by atoms with Crippen molar-refractivity contribution in [2.75, 3.05) is 6.61 Å². The second kappa shape index (κ2) is 8.89. The molecule has 0 unspecified atom stereocenters. The van der Waals surface area contributed by atoms with Gasteiger partial charge in [0.25, 0.3) is 0 Å². The molecule has 0 saturated carbocycles. The van der Waals surface area contributed by atoms with Crippen molar-refractivity contribution in [1.82, 2.24) is 0 Å². The van der Waals surface area contributed by atoms with Crippen LogP contribution in [0.5, 0.6) is 0 Å². The molecule has 2 rings (SSSR count). The van der Waals surface area contributed by atoms with E-state index in [4.69, 9.17) is 4.74 Å². The number of ether oxygens (including phenoxy) is 1. The van der Waals surface area contributed by atoms with E-state index in [-0.39, 0.29) is 18.1 Å². The van der Waals surface area contributed by atoms with Gasteiger partial charge in [-0.2, -0.15) is 0 Å². The van der Waals surface area contributed by atoms with Crippen molar-refractivity contribution in [1.29, 1.82) is 0 Å². The van der Waals surface area contributed by atoms with Gasteiger partial charge in [-0.15, -0.1) is 0 Å². The first kappa shape index (κ1) is 16.9. The molecule has 0 aliphatic rings. The number of carbonyl (C=O) groups excluding carboxylic acids is 2. The number of carbonyl (C=O) groups is 2. The van der Waals surface area contributed by atoms with Gasteiger partial charge < -0.3 is 4.74 Å². The molecule has 0 N–H and O–H groups in total. The highest BCUT2D eigenvalue weighted by atomic mass is 16.5. The average molecular weight is 310 g/mol. The first-order valence-corrected chi connectivity index (χ1v) is 7.98. The molecule has 0 fully saturated rings. The average Bonchev–Trinajstić information content (AvgIpc) is 2.60. The van der Waals surface area contributed by atoms with E-state index in [1.807, 2.05) is 36.4 Å². The number of hydrogen-bond donors (Lipinski definition) is 0. The lowest BCUT2D eigenvalue weighted by Gasteiger charge is -2.18. The Balaban J connectivity index is 1.99. The lowest BCUT2D eigenvalue weighted by Crippen LogP contribution is -2.13. The molecule has 0 aliphatic heterocycles. The van der Waals surface area contributed by atoms with Crippen molar-refractivity contribution < 1.29 is 14.3 Å². The van der Waals surface area contributed by atoms with Crippen LogP contribution in [0.1, 0.15) is 43.2 Å². The molecule has 0 aliphatic carbocycles. The largest absolute Gasteiger partial charge is 0.465 e. The van der Waals surface area contributed by atoms with E-state index in [0.717, 1.165) is 0 Å². The minimum Gasteiger partial charge on any atom is -0.465 e. The maximum Gasteiger partial charge on any atom is 0.313 e. The van der Waals surface area contributed by atoms with Crippen LogP contribution in [0.25, 0.3) is 0 Å². The van der Waals surface area contributed by atoms with Crippen LogP contribution in [-0.2, 0) is 14.3 Å². The second-order valence-electron chi connectivity index (χ2n) is 5.45. The van der Waals surface area contributed by atoms with Gasteiger partial charge in [-0.1, -0.05) is 67.6 Å². The summed E-state index contributed by atoms with van der Waals surface area (Å²) < 4.78 is 5.23. The number of benzene rings is 2. The number of esters is 1. The van der Waals surface area contributed by atoms with Crippen LogP contribution in [0.3, 0.4) is 0 Å². The quantitative estimate of drug-likeness (QED) is 0.544. The second-order valence-corrected chi connectivity index (χ2v) is 5.45. The third kappa shape index (κ3) is 5.37. The number of rotatable bonds is 8. The molecule has 120 valence electrons. The Morgan fingerprint density at radius 3 is 1.91 bits per heavy atom. The van der Waals surface area contributed by atoms with E-state index in [1.54, 1.807) is 6.92 Å². The minimum atomic E-state index is -0.434. The maximum atomic E-state index is 11.6. The first-order valence-electron chi connectivity index (χ1n) is 7.98. The van der Waals surface area contributed by atoms with Crippen LogP contribution in [0.15, 0.2) is 60.7 Å². The number of ketones is 1. The molecule has 0 amide bonds. The van der Waals surface area contributed by atoms with Crippen LogP contribution in [0.2, 0.25) is 0 Å². The van der Waals surface area contributed by atoms with Crippen molar-refractivity contribution in [3.05, 3.63) is 71.8 Å². The van der Waals surface area contributed by atoms with E-state index in [9.17, 15) is 9.59 Å². The van der Waals surface area contributed by atoms with Crippen LogP contribution >= 0.6 is 0 Å². The smallest absolute Gasteiger partial charge is 0.313 e. The van der Waals surface area contributed by atoms with Crippen molar-refractivity contribution in [2.24, 2.45) is 0 Å². The van der Waals surface area contributed by atoms with Crippen molar-refractivity contribution >= 4 is 11.8 Å². The van der Waals surface area contributed by atoms with Gasteiger partial charge in [-0.25, -0.2) is 0 Å². The zero-order chi connectivity index (χ0) is 16.5. The van der Waals surface area contributed by atoms with E-state index in [1.165, 1.54) is 11.1 Å². The SMILES string of the molecule is CCC(=O)CC(=O)OCCC(c1ccccc1)c1ccccc1. The highest BCUT2D eigenvalue weighted by Gasteiger charge is 2.15. The summed E-state index contributed by atoms with van der Waals surface area (Å²) in [6, 6.07) is 20.4. The molecule has 23 heavy (non-hydrogen) atoms. The van der Waals surface area contributed by atoms with Gasteiger partial charge >= 0.3 is 5.97 Å². The summed E-state index contributed by atoms with van der Waals surface area (Å²) in [4.78, 5) is 22.9. The van der Waals surface area contributed by atoms with Gasteiger partial charge in [0.2, 0.25) is 0 Å². The highest BCUT2D eigenvalue weighted by Crippen LogP contribution is 2.27. The molecule has 0 spiro atoms. The molecule has 0 radical (unpaired) electrons. The standard InChI is InChI=1S/C20H22O3/c1-2-18(21)15-20(22)23-14-13-19(16-9-5-3-6-10-16)17-11-7-4-8-12-17/h3-12,19H,2,13-15H2,1H3. The maximum absolute atomic E-state index is 11.6. The fourth-order valence-corrected chi connectivity index (χ4v) is 2.52. The van der Waals surface area contributed by atoms with Crippen molar-refractivity contribution in [3.8, 4) is 0 Å². The summed E-state index contributed by atoms with van der Waals surface area (Å²) in [5.41, 5.74) is 2.39. The zero-order valence-electron chi connectivity index (χ0n) is 13.4. The normalized spacial score (nSPS) is 10.5. The van der Waals surface area contributed by atoms with Gasteiger partial charge in [0.1, 0.15) is 12.2 Å². The van der Waals surface area contributed by atoms with Crippen LogP contribution in [0, 0.1) is 0 Å². The molecular formula is C20H22O3. The Morgan fingerprint density at radius 1 is 0.913 bits per heavy atom. The number of hydrogen-bond acceptors (Lipinski definition) is 3. The topological polar surface area (TPSA) is 43.4 Å². The summed E-state index contributed by atoms with van der Waals surface area (Å²) in [5.74, 6) is -0.346. The minimum absolute atomic E-state index is 0.0855. The van der Waals surface area contributed by atoms with Crippen molar-refractivity contribution in [3.63, 3.8) is 0 Å². The molecule has 0 aromatic heterocycles. The summed E-state index contributed by atoms with van der Waals surface area (Å²) in [5, 5.41) is 0. The molecule has 3 nitrogen and oxygen atoms in total. The Labute approximate surface area is 137 Å². The highest BCUT2D eigenvalue weighted by molar-refractivity contribution is 5.95. The van der Waals surface area contributed by atoms with Crippen LogP contribution in [0.4, 0.5) is 0 Å². The Bertz CT molecular complexity index is 580. The monoisotopic (exact) mass is 310 g/mol. The van der Waals surface area contributed by atoms with E-state index in [0.29, 0.717) is 19.4 Å². The van der Waals surface area contributed by atoms with Gasteiger partial charge in [-0.05, 0) is 17.5 Å². The summed E-state index contributed by atoms with van der Waals surface area (Å²) >= 11 is 0. The predicted molar refractivity (Wildman–Crippen MR) is 90.2 cm³/mol. The Kier molecular flexibility index (Phi) is 6.55. The lowest BCUT2D eigenvalue weighted by molar-refractivity contribution is -0.146. The van der Waals surface area contributed by atoms with Crippen LogP contribution in [-0.4, -0.2) is 18.4 Å². The van der Waals surface area contributed by atoms with Gasteiger partial charge in [0.05, 0.1) is 6.61 Å². The summed E-state index contributed by atoms with van der Waals surface area (Å²) in [6.45, 7) is 2.06. The lowest BCUT2D eigenvalue weighted by atomic mass is 9.89. The molecule has 0 atom stereocenters. The Hall–Kier alpha value is -2.42. The van der Waals surface area contributed by atoms with E-state index >= 15 is 0 Å².